The predicted molar refractivity (Wildman–Crippen MR) is 68.0 cm³/mol. The summed E-state index contributed by atoms with van der Waals surface area (Å²) < 4.78 is 5.43. The number of anilines is 1. The van der Waals surface area contributed by atoms with E-state index in [1.165, 1.54) is 12.3 Å². The van der Waals surface area contributed by atoms with Gasteiger partial charge < -0.3 is 20.7 Å². The fraction of sp³-hybridized carbons (Fsp3) is 0.0769. The highest BCUT2D eigenvalue weighted by atomic mass is 16.5. The highest BCUT2D eigenvalue weighted by Crippen LogP contribution is 2.25. The molecule has 19 heavy (non-hydrogen) atoms. The number of benzene rings is 1. The highest BCUT2D eigenvalue weighted by molar-refractivity contribution is 5.88. The van der Waals surface area contributed by atoms with Gasteiger partial charge in [-0.25, -0.2) is 9.78 Å². The van der Waals surface area contributed by atoms with Gasteiger partial charge in [0.05, 0.1) is 17.9 Å². The van der Waals surface area contributed by atoms with Crippen LogP contribution in [-0.4, -0.2) is 21.2 Å². The van der Waals surface area contributed by atoms with Crippen molar-refractivity contribution in [1.82, 2.24) is 4.98 Å². The molecule has 1 aromatic carbocycles. The number of aliphatic hydroxyl groups is 1. The summed E-state index contributed by atoms with van der Waals surface area (Å²) in [5.74, 6) is -0.459. The number of nitrogens with zero attached hydrogens (tertiary/aromatic N) is 1. The van der Waals surface area contributed by atoms with E-state index in [0.717, 1.165) is 5.56 Å². The van der Waals surface area contributed by atoms with Crippen molar-refractivity contribution in [3.05, 3.63) is 47.7 Å². The number of nitrogen functional groups attached to an aromatic ring is 1. The van der Waals surface area contributed by atoms with Crippen LogP contribution in [0.1, 0.15) is 15.9 Å². The third-order valence-corrected chi connectivity index (χ3v) is 2.45. The zero-order valence-corrected chi connectivity index (χ0v) is 9.91. The van der Waals surface area contributed by atoms with Crippen LogP contribution in [0.5, 0.6) is 11.6 Å². The van der Waals surface area contributed by atoms with Crippen LogP contribution in [-0.2, 0) is 6.61 Å². The van der Waals surface area contributed by atoms with Crippen LogP contribution in [0.3, 0.4) is 0 Å². The Morgan fingerprint density at radius 3 is 2.53 bits per heavy atom. The van der Waals surface area contributed by atoms with E-state index in [9.17, 15) is 4.79 Å². The van der Waals surface area contributed by atoms with Gasteiger partial charge in [-0.1, -0.05) is 12.1 Å². The number of aromatic nitrogens is 1. The zero-order chi connectivity index (χ0) is 13.8. The molecule has 98 valence electrons. The Bertz CT molecular complexity index is 596. The van der Waals surface area contributed by atoms with E-state index >= 15 is 0 Å². The van der Waals surface area contributed by atoms with Gasteiger partial charge in [0.15, 0.2) is 0 Å². The second-order valence-corrected chi connectivity index (χ2v) is 3.83. The second-order valence-electron chi connectivity index (χ2n) is 3.83. The molecule has 6 heteroatoms. The summed E-state index contributed by atoms with van der Waals surface area (Å²) in [6, 6.07) is 8.02. The van der Waals surface area contributed by atoms with Crippen molar-refractivity contribution in [3.63, 3.8) is 0 Å². The molecule has 2 aromatic rings. The van der Waals surface area contributed by atoms with Gasteiger partial charge in [-0.05, 0) is 23.8 Å². The molecule has 1 heterocycles. The van der Waals surface area contributed by atoms with Gasteiger partial charge >= 0.3 is 5.97 Å². The molecular weight excluding hydrogens is 248 g/mol. The minimum atomic E-state index is -1.10. The Balaban J connectivity index is 2.20. The fourth-order valence-electron chi connectivity index (χ4n) is 1.45. The normalized spacial score (nSPS) is 10.2. The minimum Gasteiger partial charge on any atom is -0.478 e. The smallest absolute Gasteiger partial charge is 0.337 e. The standard InChI is InChI=1S/C13H12N2O4/c14-11-5-9(13(17)18)6-15-12(11)19-10-3-1-8(7-16)2-4-10/h1-6,16H,7,14H2,(H,17,18). The summed E-state index contributed by atoms with van der Waals surface area (Å²) in [7, 11) is 0. The zero-order valence-electron chi connectivity index (χ0n) is 9.91. The molecule has 0 atom stereocenters. The van der Waals surface area contributed by atoms with Gasteiger partial charge in [0, 0.05) is 6.20 Å². The lowest BCUT2D eigenvalue weighted by molar-refractivity contribution is 0.0696. The molecule has 1 aromatic heterocycles. The average molecular weight is 260 g/mol. The first-order valence-corrected chi connectivity index (χ1v) is 5.46. The van der Waals surface area contributed by atoms with Crippen molar-refractivity contribution < 1.29 is 19.7 Å². The molecule has 0 radical (unpaired) electrons. The van der Waals surface area contributed by atoms with E-state index in [-0.39, 0.29) is 23.7 Å². The summed E-state index contributed by atoms with van der Waals surface area (Å²) in [6.45, 7) is -0.0476. The molecular formula is C13H12N2O4. The largest absolute Gasteiger partial charge is 0.478 e. The number of aromatic carboxylic acids is 1. The second kappa shape index (κ2) is 5.36. The Morgan fingerprint density at radius 1 is 1.32 bits per heavy atom. The molecule has 0 aliphatic heterocycles. The van der Waals surface area contributed by atoms with Crippen molar-refractivity contribution in [2.24, 2.45) is 0 Å². The van der Waals surface area contributed by atoms with E-state index in [1.54, 1.807) is 24.3 Å². The van der Waals surface area contributed by atoms with Crippen molar-refractivity contribution in [3.8, 4) is 11.6 Å². The number of hydrogen-bond acceptors (Lipinski definition) is 5. The number of carbonyl (C=O) groups is 1. The number of pyridine rings is 1. The molecule has 0 fully saturated rings. The summed E-state index contributed by atoms with van der Waals surface area (Å²) in [6.07, 6.45) is 1.18. The van der Waals surface area contributed by atoms with Gasteiger partial charge in [-0.2, -0.15) is 0 Å². The summed E-state index contributed by atoms with van der Waals surface area (Å²) in [5.41, 5.74) is 6.58. The molecule has 0 aliphatic carbocycles. The maximum absolute atomic E-state index is 10.7. The Labute approximate surface area is 109 Å². The Morgan fingerprint density at radius 2 is 2.00 bits per heavy atom. The lowest BCUT2D eigenvalue weighted by Crippen LogP contribution is -2.01. The van der Waals surface area contributed by atoms with Gasteiger partial charge in [0.1, 0.15) is 5.75 Å². The summed E-state index contributed by atoms with van der Waals surface area (Å²) in [4.78, 5) is 14.6. The fourth-order valence-corrected chi connectivity index (χ4v) is 1.45. The number of carboxylic acid groups (broad SMARTS) is 1. The van der Waals surface area contributed by atoms with E-state index in [0.29, 0.717) is 5.75 Å². The number of ether oxygens (including phenoxy) is 1. The van der Waals surface area contributed by atoms with Crippen LogP contribution < -0.4 is 10.5 Å². The van der Waals surface area contributed by atoms with Crippen LogP contribution in [0, 0.1) is 0 Å². The molecule has 0 saturated heterocycles. The number of nitrogens with two attached hydrogens (primary N) is 1. The van der Waals surface area contributed by atoms with Crippen LogP contribution >= 0.6 is 0 Å². The predicted octanol–water partition coefficient (Wildman–Crippen LogP) is 1.65. The first-order valence-electron chi connectivity index (χ1n) is 5.46. The Hall–Kier alpha value is -2.60. The molecule has 0 aliphatic rings. The van der Waals surface area contributed by atoms with Crippen molar-refractivity contribution in [1.29, 1.82) is 0 Å². The third kappa shape index (κ3) is 2.99. The van der Waals surface area contributed by atoms with Crippen molar-refractivity contribution >= 4 is 11.7 Å². The van der Waals surface area contributed by atoms with E-state index in [1.807, 2.05) is 0 Å². The topological polar surface area (TPSA) is 106 Å². The number of rotatable bonds is 4. The molecule has 6 nitrogen and oxygen atoms in total. The van der Waals surface area contributed by atoms with Crippen molar-refractivity contribution in [2.75, 3.05) is 5.73 Å². The number of aliphatic hydroxyl groups excluding tert-OH is 1. The van der Waals surface area contributed by atoms with E-state index in [2.05, 4.69) is 4.98 Å². The van der Waals surface area contributed by atoms with Crippen LogP contribution in [0.15, 0.2) is 36.5 Å². The molecule has 4 N–H and O–H groups in total. The first kappa shape index (κ1) is 12.8. The minimum absolute atomic E-state index is 0.000443. The van der Waals surface area contributed by atoms with Gasteiger partial charge in [0.25, 0.3) is 0 Å². The van der Waals surface area contributed by atoms with E-state index in [4.69, 9.17) is 20.7 Å². The van der Waals surface area contributed by atoms with Crippen LogP contribution in [0.4, 0.5) is 5.69 Å². The maximum atomic E-state index is 10.7. The molecule has 0 bridgehead atoms. The van der Waals surface area contributed by atoms with Gasteiger partial charge in [-0.3, -0.25) is 0 Å². The number of hydrogen-bond donors (Lipinski definition) is 3. The summed E-state index contributed by atoms with van der Waals surface area (Å²) >= 11 is 0. The summed E-state index contributed by atoms with van der Waals surface area (Å²) in [5, 5.41) is 17.7. The van der Waals surface area contributed by atoms with Crippen LogP contribution in [0.2, 0.25) is 0 Å². The van der Waals surface area contributed by atoms with Gasteiger partial charge in [-0.15, -0.1) is 0 Å². The Kier molecular flexibility index (Phi) is 3.63. The highest BCUT2D eigenvalue weighted by Gasteiger charge is 2.09. The molecule has 0 spiro atoms. The third-order valence-electron chi connectivity index (χ3n) is 2.45. The maximum Gasteiger partial charge on any atom is 0.337 e. The monoisotopic (exact) mass is 260 g/mol. The molecule has 0 saturated carbocycles. The lowest BCUT2D eigenvalue weighted by Gasteiger charge is -2.08. The molecule has 0 amide bonds. The van der Waals surface area contributed by atoms with Gasteiger partial charge in [0.2, 0.25) is 5.88 Å². The molecule has 0 unspecified atom stereocenters. The van der Waals surface area contributed by atoms with Crippen LogP contribution in [0.25, 0.3) is 0 Å². The first-order chi connectivity index (χ1) is 9.10. The SMILES string of the molecule is Nc1cc(C(=O)O)cnc1Oc1ccc(CO)cc1. The van der Waals surface area contributed by atoms with E-state index < -0.39 is 5.97 Å². The molecule has 2 rings (SSSR count). The lowest BCUT2D eigenvalue weighted by atomic mass is 10.2. The number of carboxylic acids is 1. The average Bonchev–Trinajstić information content (AvgIpc) is 2.41. The quantitative estimate of drug-likeness (QED) is 0.771. The van der Waals surface area contributed by atoms with Crippen molar-refractivity contribution in [2.45, 2.75) is 6.61 Å².